The number of hydrogen-bond acceptors (Lipinski definition) is 3. The zero-order valence-corrected chi connectivity index (χ0v) is 12.4. The summed E-state index contributed by atoms with van der Waals surface area (Å²) in [5.74, 6) is -0.978. The molecule has 22 heavy (non-hydrogen) atoms. The van der Waals surface area contributed by atoms with Crippen molar-refractivity contribution in [2.75, 3.05) is 13.2 Å². The summed E-state index contributed by atoms with van der Waals surface area (Å²) in [4.78, 5) is 11.2. The lowest BCUT2D eigenvalue weighted by atomic mass is 10.1. The highest BCUT2D eigenvalue weighted by Crippen LogP contribution is 2.25. The number of ether oxygens (including phenoxy) is 2. The molecule has 132 valence electrons. The van der Waals surface area contributed by atoms with Crippen LogP contribution in [0.25, 0.3) is 0 Å². The van der Waals surface area contributed by atoms with Crippen molar-refractivity contribution in [1.29, 1.82) is 0 Å². The Hall–Kier alpha value is -1.15. The normalized spacial score (nSPS) is 15.3. The molecular formula is C13H20F6O3. The van der Waals surface area contributed by atoms with Gasteiger partial charge in [0.05, 0.1) is 13.2 Å². The summed E-state index contributed by atoms with van der Waals surface area (Å²) in [6.45, 7) is 2.52. The second kappa shape index (κ2) is 9.09. The summed E-state index contributed by atoms with van der Waals surface area (Å²) in [5, 5.41) is 0. The Bertz CT molecular complexity index is 297. The molecule has 0 spiro atoms. The minimum absolute atomic E-state index is 0.182. The standard InChI is InChI=1S/C13H20F6O3/c1-9(3-5-12(14,15)16)7-21-11(20)22-8-10(2)4-6-13(17,18)19/h9-10H,3-8H2,1-2H3. The van der Waals surface area contributed by atoms with Gasteiger partial charge in [-0.15, -0.1) is 0 Å². The third-order valence-electron chi connectivity index (χ3n) is 2.81. The minimum Gasteiger partial charge on any atom is -0.434 e. The van der Waals surface area contributed by atoms with Crippen molar-refractivity contribution in [3.63, 3.8) is 0 Å². The van der Waals surface area contributed by atoms with Crippen LogP contribution in [0.1, 0.15) is 39.5 Å². The van der Waals surface area contributed by atoms with E-state index in [0.717, 1.165) is 0 Å². The predicted molar refractivity (Wildman–Crippen MR) is 66.2 cm³/mol. The fourth-order valence-electron chi connectivity index (χ4n) is 1.45. The van der Waals surface area contributed by atoms with Crippen LogP contribution in [-0.4, -0.2) is 31.7 Å². The van der Waals surface area contributed by atoms with Crippen molar-refractivity contribution in [1.82, 2.24) is 0 Å². The third-order valence-corrected chi connectivity index (χ3v) is 2.81. The van der Waals surface area contributed by atoms with Crippen LogP contribution >= 0.6 is 0 Å². The second-order valence-corrected chi connectivity index (χ2v) is 5.39. The van der Waals surface area contributed by atoms with E-state index in [4.69, 9.17) is 0 Å². The smallest absolute Gasteiger partial charge is 0.434 e. The van der Waals surface area contributed by atoms with E-state index < -0.39 is 43.2 Å². The zero-order valence-electron chi connectivity index (χ0n) is 12.4. The SMILES string of the molecule is CC(CCC(F)(F)F)COC(=O)OCC(C)CCC(F)(F)F. The van der Waals surface area contributed by atoms with Gasteiger partial charge in [0.1, 0.15) is 0 Å². The maximum Gasteiger partial charge on any atom is 0.508 e. The van der Waals surface area contributed by atoms with Crippen LogP contribution in [0.15, 0.2) is 0 Å². The van der Waals surface area contributed by atoms with E-state index in [1.165, 1.54) is 13.8 Å². The van der Waals surface area contributed by atoms with E-state index in [2.05, 4.69) is 9.47 Å². The summed E-state index contributed by atoms with van der Waals surface area (Å²) < 4.78 is 81.0. The van der Waals surface area contributed by atoms with Gasteiger partial charge in [0.2, 0.25) is 0 Å². The van der Waals surface area contributed by atoms with Crippen LogP contribution in [0.5, 0.6) is 0 Å². The van der Waals surface area contributed by atoms with Crippen LogP contribution in [0.4, 0.5) is 31.1 Å². The van der Waals surface area contributed by atoms with Gasteiger partial charge in [-0.1, -0.05) is 13.8 Å². The number of hydrogen-bond donors (Lipinski definition) is 0. The third kappa shape index (κ3) is 13.8. The van der Waals surface area contributed by atoms with Crippen molar-refractivity contribution in [2.24, 2.45) is 11.8 Å². The van der Waals surface area contributed by atoms with E-state index in [1.807, 2.05) is 0 Å². The predicted octanol–water partition coefficient (Wildman–Crippen LogP) is 5.10. The highest BCUT2D eigenvalue weighted by atomic mass is 19.4. The molecule has 0 heterocycles. The van der Waals surface area contributed by atoms with Gasteiger partial charge in [-0.05, 0) is 24.7 Å². The topological polar surface area (TPSA) is 35.5 Å². The summed E-state index contributed by atoms with van der Waals surface area (Å²) in [6.07, 6.45) is -11.9. The molecule has 0 saturated heterocycles. The lowest BCUT2D eigenvalue weighted by Crippen LogP contribution is -2.19. The lowest BCUT2D eigenvalue weighted by Gasteiger charge is -2.15. The molecule has 0 aromatic heterocycles. The Kier molecular flexibility index (Phi) is 8.62. The number of alkyl halides is 6. The fourth-order valence-corrected chi connectivity index (χ4v) is 1.45. The van der Waals surface area contributed by atoms with Crippen LogP contribution in [-0.2, 0) is 9.47 Å². The maximum atomic E-state index is 12.0. The van der Waals surface area contributed by atoms with Gasteiger partial charge >= 0.3 is 18.5 Å². The molecule has 0 radical (unpaired) electrons. The molecule has 0 aliphatic rings. The molecule has 0 amide bonds. The molecule has 3 nitrogen and oxygen atoms in total. The Morgan fingerprint density at radius 3 is 1.41 bits per heavy atom. The number of carbonyl (C=O) groups is 1. The molecule has 0 aromatic carbocycles. The van der Waals surface area contributed by atoms with Crippen molar-refractivity contribution < 1.29 is 40.6 Å². The van der Waals surface area contributed by atoms with Crippen molar-refractivity contribution in [3.05, 3.63) is 0 Å². The molecule has 0 aromatic rings. The molecule has 2 unspecified atom stereocenters. The molecule has 0 N–H and O–H groups in total. The fraction of sp³-hybridized carbons (Fsp3) is 0.923. The Morgan fingerprint density at radius 2 is 1.14 bits per heavy atom. The second-order valence-electron chi connectivity index (χ2n) is 5.39. The molecule has 0 bridgehead atoms. The van der Waals surface area contributed by atoms with Gasteiger partial charge in [0.25, 0.3) is 0 Å². The molecule has 9 heteroatoms. The van der Waals surface area contributed by atoms with Crippen LogP contribution in [0, 0.1) is 11.8 Å². The average molecular weight is 338 g/mol. The van der Waals surface area contributed by atoms with Gasteiger partial charge < -0.3 is 9.47 Å². The van der Waals surface area contributed by atoms with E-state index >= 15 is 0 Å². The van der Waals surface area contributed by atoms with Gasteiger partial charge in [-0.2, -0.15) is 26.3 Å². The van der Waals surface area contributed by atoms with Gasteiger partial charge in [-0.25, -0.2) is 4.79 Å². The van der Waals surface area contributed by atoms with Crippen LogP contribution in [0.3, 0.4) is 0 Å². The molecule has 0 rings (SSSR count). The number of halogens is 6. The van der Waals surface area contributed by atoms with E-state index in [1.54, 1.807) is 0 Å². The van der Waals surface area contributed by atoms with Gasteiger partial charge in [-0.3, -0.25) is 0 Å². The summed E-state index contributed by atoms with van der Waals surface area (Å²) >= 11 is 0. The first-order valence-corrected chi connectivity index (χ1v) is 6.82. The average Bonchev–Trinajstić information content (AvgIpc) is 2.36. The van der Waals surface area contributed by atoms with E-state index in [-0.39, 0.29) is 26.1 Å². The lowest BCUT2D eigenvalue weighted by molar-refractivity contribution is -0.138. The zero-order chi connectivity index (χ0) is 17.4. The van der Waals surface area contributed by atoms with Crippen LogP contribution < -0.4 is 0 Å². The number of rotatable bonds is 8. The first kappa shape index (κ1) is 20.9. The molecule has 2 atom stereocenters. The van der Waals surface area contributed by atoms with E-state index in [0.29, 0.717) is 0 Å². The Morgan fingerprint density at radius 1 is 0.818 bits per heavy atom. The molecule has 0 aliphatic carbocycles. The molecule has 0 fully saturated rings. The largest absolute Gasteiger partial charge is 0.508 e. The Balaban J connectivity index is 3.77. The molecule has 0 saturated carbocycles. The van der Waals surface area contributed by atoms with Crippen molar-refractivity contribution >= 4 is 6.16 Å². The first-order chi connectivity index (χ1) is 9.89. The van der Waals surface area contributed by atoms with Crippen molar-refractivity contribution in [2.45, 2.75) is 51.9 Å². The summed E-state index contributed by atoms with van der Waals surface area (Å²) in [7, 11) is 0. The van der Waals surface area contributed by atoms with Gasteiger partial charge in [0, 0.05) is 12.8 Å². The molecular weight excluding hydrogens is 318 g/mol. The quantitative estimate of drug-likeness (QED) is 0.456. The highest BCUT2D eigenvalue weighted by molar-refractivity contribution is 5.59. The number of carbonyl (C=O) groups excluding carboxylic acids is 1. The molecule has 0 aliphatic heterocycles. The summed E-state index contributed by atoms with van der Waals surface area (Å²) in [6, 6.07) is 0. The minimum atomic E-state index is -4.26. The van der Waals surface area contributed by atoms with Crippen molar-refractivity contribution in [3.8, 4) is 0 Å². The van der Waals surface area contributed by atoms with E-state index in [9.17, 15) is 31.1 Å². The van der Waals surface area contributed by atoms with Gasteiger partial charge in [0.15, 0.2) is 0 Å². The summed E-state index contributed by atoms with van der Waals surface area (Å²) in [5.41, 5.74) is 0. The Labute approximate surface area is 125 Å². The maximum absolute atomic E-state index is 12.0. The first-order valence-electron chi connectivity index (χ1n) is 6.82. The van der Waals surface area contributed by atoms with Crippen LogP contribution in [0.2, 0.25) is 0 Å². The monoisotopic (exact) mass is 338 g/mol. The highest BCUT2D eigenvalue weighted by Gasteiger charge is 2.28.